The fourth-order valence-corrected chi connectivity index (χ4v) is 3.20. The van der Waals surface area contributed by atoms with Crippen LogP contribution in [-0.4, -0.2) is 35.9 Å². The van der Waals surface area contributed by atoms with Crippen molar-refractivity contribution in [3.8, 4) is 0 Å². The number of rotatable bonds is 5. The predicted molar refractivity (Wildman–Crippen MR) is 72.8 cm³/mol. The molecule has 0 amide bonds. The molecule has 1 aliphatic rings. The number of carbonyl (C=O) groups excluding carboxylic acids is 2. The highest BCUT2D eigenvalue weighted by atomic mass is 32.1. The van der Waals surface area contributed by atoms with Crippen LogP contribution >= 0.6 is 11.3 Å². The van der Waals surface area contributed by atoms with Crippen molar-refractivity contribution in [2.75, 3.05) is 13.2 Å². The van der Waals surface area contributed by atoms with Crippen LogP contribution in [-0.2, 0) is 11.2 Å². The number of carbonyl (C=O) groups is 2. The summed E-state index contributed by atoms with van der Waals surface area (Å²) in [5.74, 6) is -0.638. The molecule has 1 atom stereocenters. The van der Waals surface area contributed by atoms with Crippen LogP contribution in [0.25, 0.3) is 0 Å². The zero-order valence-corrected chi connectivity index (χ0v) is 12.0. The Bertz CT molecular complexity index is 478. The quantitative estimate of drug-likeness (QED) is 0.659. The summed E-state index contributed by atoms with van der Waals surface area (Å²) >= 11 is 1.31. The van der Waals surface area contributed by atoms with Crippen molar-refractivity contribution >= 4 is 23.1 Å². The summed E-state index contributed by atoms with van der Waals surface area (Å²) in [4.78, 5) is 28.1. The number of nitrogens with one attached hydrogen (secondary N) is 1. The van der Waals surface area contributed by atoms with Crippen molar-refractivity contribution in [1.82, 2.24) is 10.3 Å². The van der Waals surface area contributed by atoms with Gasteiger partial charge in [0, 0.05) is 19.4 Å². The maximum absolute atomic E-state index is 11.8. The van der Waals surface area contributed by atoms with Gasteiger partial charge in [-0.25, -0.2) is 9.78 Å². The van der Waals surface area contributed by atoms with Crippen LogP contribution < -0.4 is 5.32 Å². The van der Waals surface area contributed by atoms with E-state index in [9.17, 15) is 9.59 Å². The molecule has 1 N–H and O–H groups in total. The van der Waals surface area contributed by atoms with Crippen LogP contribution in [0.2, 0.25) is 0 Å². The van der Waals surface area contributed by atoms with Crippen LogP contribution in [0.3, 0.4) is 0 Å². The van der Waals surface area contributed by atoms with E-state index < -0.39 is 5.97 Å². The second-order valence-electron chi connectivity index (χ2n) is 4.56. The lowest BCUT2D eigenvalue weighted by Crippen LogP contribution is -2.23. The molecular weight excluding hydrogens is 264 g/mol. The molecule has 2 heterocycles. The fraction of sp³-hybridized carbons (Fsp3) is 0.615. The molecule has 5 nitrogen and oxygen atoms in total. The third kappa shape index (κ3) is 3.39. The third-order valence-electron chi connectivity index (χ3n) is 3.04. The van der Waals surface area contributed by atoms with E-state index in [0.717, 1.165) is 24.4 Å². The molecule has 1 aliphatic heterocycles. The molecule has 2 rings (SSSR count). The second kappa shape index (κ2) is 6.25. The van der Waals surface area contributed by atoms with Gasteiger partial charge in [0.1, 0.15) is 4.88 Å². The van der Waals surface area contributed by atoms with Gasteiger partial charge in [-0.1, -0.05) is 0 Å². The van der Waals surface area contributed by atoms with Crippen molar-refractivity contribution in [1.29, 1.82) is 0 Å². The lowest BCUT2D eigenvalue weighted by molar-refractivity contribution is 0.0517. The molecule has 0 radical (unpaired) electrons. The number of aromatic nitrogens is 1. The molecule has 6 heteroatoms. The van der Waals surface area contributed by atoms with Gasteiger partial charge in [0.15, 0.2) is 11.5 Å². The molecule has 1 aromatic rings. The lowest BCUT2D eigenvalue weighted by atomic mass is 10.2. The highest BCUT2D eigenvalue weighted by molar-refractivity contribution is 7.14. The van der Waals surface area contributed by atoms with Crippen LogP contribution in [0.5, 0.6) is 0 Å². The number of hydrogen-bond donors (Lipinski definition) is 1. The van der Waals surface area contributed by atoms with E-state index in [2.05, 4.69) is 10.3 Å². The van der Waals surface area contributed by atoms with E-state index in [1.165, 1.54) is 24.7 Å². The summed E-state index contributed by atoms with van der Waals surface area (Å²) in [6.07, 6.45) is 3.05. The minimum Gasteiger partial charge on any atom is -0.461 e. The lowest BCUT2D eigenvalue weighted by Gasteiger charge is -2.06. The Morgan fingerprint density at radius 1 is 1.53 bits per heavy atom. The van der Waals surface area contributed by atoms with E-state index in [1.807, 2.05) is 0 Å². The normalized spacial score (nSPS) is 18.5. The molecule has 0 aromatic carbocycles. The Balaban J connectivity index is 2.18. The zero-order valence-electron chi connectivity index (χ0n) is 11.2. The minimum absolute atomic E-state index is 0.133. The Hall–Kier alpha value is -1.27. The van der Waals surface area contributed by atoms with E-state index in [0.29, 0.717) is 10.9 Å². The number of thiazole rings is 1. The maximum Gasteiger partial charge on any atom is 0.358 e. The molecule has 0 spiro atoms. The van der Waals surface area contributed by atoms with Gasteiger partial charge in [-0.2, -0.15) is 0 Å². The number of hydrogen-bond acceptors (Lipinski definition) is 6. The van der Waals surface area contributed by atoms with Gasteiger partial charge in [0.2, 0.25) is 0 Å². The minimum atomic E-state index is -0.505. The largest absolute Gasteiger partial charge is 0.461 e. The highest BCUT2D eigenvalue weighted by Crippen LogP contribution is 2.23. The Kier molecular flexibility index (Phi) is 4.66. The molecule has 0 aliphatic carbocycles. The fourth-order valence-electron chi connectivity index (χ4n) is 2.17. The van der Waals surface area contributed by atoms with Gasteiger partial charge < -0.3 is 10.1 Å². The van der Waals surface area contributed by atoms with Gasteiger partial charge in [0.05, 0.1) is 11.6 Å². The summed E-state index contributed by atoms with van der Waals surface area (Å²) in [7, 11) is 0. The smallest absolute Gasteiger partial charge is 0.358 e. The van der Waals surface area contributed by atoms with E-state index >= 15 is 0 Å². The molecule has 1 unspecified atom stereocenters. The summed E-state index contributed by atoms with van der Waals surface area (Å²) in [5.41, 5.74) is 0.173. The maximum atomic E-state index is 11.8. The molecule has 104 valence electrons. The van der Waals surface area contributed by atoms with Crippen molar-refractivity contribution in [2.24, 2.45) is 0 Å². The van der Waals surface area contributed by atoms with Crippen LogP contribution in [0.1, 0.15) is 51.9 Å². The average Bonchev–Trinajstić information content (AvgIpc) is 2.99. The Morgan fingerprint density at radius 3 is 2.89 bits per heavy atom. The summed E-state index contributed by atoms with van der Waals surface area (Å²) in [6, 6.07) is 0.404. The summed E-state index contributed by atoms with van der Waals surface area (Å²) < 4.78 is 4.94. The van der Waals surface area contributed by atoms with Crippen LogP contribution in [0.4, 0.5) is 0 Å². The first-order valence-electron chi connectivity index (χ1n) is 6.53. The van der Waals surface area contributed by atoms with Gasteiger partial charge >= 0.3 is 5.97 Å². The molecule has 0 bridgehead atoms. The van der Waals surface area contributed by atoms with Crippen molar-refractivity contribution in [2.45, 2.75) is 39.2 Å². The van der Waals surface area contributed by atoms with Gasteiger partial charge in [-0.3, -0.25) is 4.79 Å². The number of esters is 1. The molecule has 1 aromatic heterocycles. The predicted octanol–water partition coefficient (Wildman–Crippen LogP) is 1.82. The first kappa shape index (κ1) is 14.1. The standard InChI is InChI=1S/C13H18N2O3S/c1-3-18-13(17)11-12(8(2)16)19-10(15-11)7-9-5-4-6-14-9/h9,14H,3-7H2,1-2H3. The average molecular weight is 282 g/mol. The first-order valence-corrected chi connectivity index (χ1v) is 7.34. The monoisotopic (exact) mass is 282 g/mol. The molecule has 1 fully saturated rings. The topological polar surface area (TPSA) is 68.3 Å². The second-order valence-corrected chi connectivity index (χ2v) is 5.64. The van der Waals surface area contributed by atoms with E-state index in [-0.39, 0.29) is 18.1 Å². The summed E-state index contributed by atoms with van der Waals surface area (Å²) in [6.45, 7) is 4.50. The van der Waals surface area contributed by atoms with Crippen LogP contribution in [0.15, 0.2) is 0 Å². The van der Waals surface area contributed by atoms with Gasteiger partial charge in [0.25, 0.3) is 0 Å². The van der Waals surface area contributed by atoms with Crippen molar-refractivity contribution in [3.05, 3.63) is 15.6 Å². The van der Waals surface area contributed by atoms with Crippen LogP contribution in [0, 0.1) is 0 Å². The molecule has 1 saturated heterocycles. The number of nitrogens with zero attached hydrogens (tertiary/aromatic N) is 1. The number of ketones is 1. The SMILES string of the molecule is CCOC(=O)c1nc(CC2CCCN2)sc1C(C)=O. The third-order valence-corrected chi connectivity index (χ3v) is 4.22. The molecule has 19 heavy (non-hydrogen) atoms. The van der Waals surface area contributed by atoms with Gasteiger partial charge in [-0.05, 0) is 26.3 Å². The summed E-state index contributed by atoms with van der Waals surface area (Å²) in [5, 5.41) is 4.21. The van der Waals surface area contributed by atoms with E-state index in [4.69, 9.17) is 4.74 Å². The van der Waals surface area contributed by atoms with E-state index in [1.54, 1.807) is 6.92 Å². The molecule has 0 saturated carbocycles. The van der Waals surface area contributed by atoms with Crippen molar-refractivity contribution in [3.63, 3.8) is 0 Å². The van der Waals surface area contributed by atoms with Gasteiger partial charge in [-0.15, -0.1) is 11.3 Å². The number of ether oxygens (including phenoxy) is 1. The van der Waals surface area contributed by atoms with Crippen molar-refractivity contribution < 1.29 is 14.3 Å². The Labute approximate surface area is 116 Å². The molecular formula is C13H18N2O3S. The highest BCUT2D eigenvalue weighted by Gasteiger charge is 2.24. The number of Topliss-reactive ketones (excluding diaryl/α,β-unsaturated/α-hetero) is 1. The first-order chi connectivity index (χ1) is 9.11. The Morgan fingerprint density at radius 2 is 2.32 bits per heavy atom. The zero-order chi connectivity index (χ0) is 13.8.